The van der Waals surface area contributed by atoms with Crippen molar-refractivity contribution in [3.63, 3.8) is 0 Å². The van der Waals surface area contributed by atoms with Gasteiger partial charge in [-0.15, -0.1) is 0 Å². The third-order valence-electron chi connectivity index (χ3n) is 1.50. The molecular weight excluding hydrogens is 334 g/mol. The van der Waals surface area contributed by atoms with Crippen LogP contribution in [0.4, 0.5) is 0 Å². The van der Waals surface area contributed by atoms with Gasteiger partial charge in [-0.3, -0.25) is 0 Å². The number of rotatable bonds is 6. The van der Waals surface area contributed by atoms with Gasteiger partial charge in [-0.2, -0.15) is 0 Å². The molecule has 0 fully saturated rings. The van der Waals surface area contributed by atoms with Crippen LogP contribution in [0.15, 0.2) is 0 Å². The molecule has 13 heavy (non-hydrogen) atoms. The Labute approximate surface area is 91.6 Å². The van der Waals surface area contributed by atoms with Gasteiger partial charge in [-0.1, -0.05) is 0 Å². The fraction of sp³-hybridized carbons (Fsp3) is 1.00. The SMILES string of the molecule is CO[Si](O)(CC[S][Sn]([CH3])([CH3])[Cl])OC. The summed E-state index contributed by atoms with van der Waals surface area (Å²) in [5, 5.41) is 0. The summed E-state index contributed by atoms with van der Waals surface area (Å²) >= 11 is -2.26. The number of hydrogen-bond donors (Lipinski definition) is 1. The summed E-state index contributed by atoms with van der Waals surface area (Å²) in [6.07, 6.45) is 0. The minimum atomic E-state index is -2.84. The van der Waals surface area contributed by atoms with Crippen LogP contribution in [0.5, 0.6) is 0 Å². The van der Waals surface area contributed by atoms with Gasteiger partial charge in [0.1, 0.15) is 0 Å². The normalized spacial score (nSPS) is 13.4. The maximum atomic E-state index is 9.69. The van der Waals surface area contributed by atoms with Crippen molar-refractivity contribution in [1.29, 1.82) is 0 Å². The Morgan fingerprint density at radius 2 is 1.85 bits per heavy atom. The summed E-state index contributed by atoms with van der Waals surface area (Å²) in [6.45, 7) is 0. The van der Waals surface area contributed by atoms with Crippen LogP contribution in [0.1, 0.15) is 0 Å². The van der Waals surface area contributed by atoms with Crippen LogP contribution >= 0.6 is 17.9 Å². The average Bonchev–Trinajstić information content (AvgIpc) is 2.02. The first-order chi connectivity index (χ1) is 5.83. The quantitative estimate of drug-likeness (QED) is 0.742. The monoisotopic (exact) mass is 352 g/mol. The molecule has 3 nitrogen and oxygen atoms in total. The molecule has 0 aromatic carbocycles. The van der Waals surface area contributed by atoms with E-state index >= 15 is 0 Å². The molecule has 0 aliphatic carbocycles. The van der Waals surface area contributed by atoms with E-state index in [-0.39, 0.29) is 0 Å². The first-order valence-electron chi connectivity index (χ1n) is 3.98. The molecule has 0 heterocycles. The topological polar surface area (TPSA) is 38.7 Å². The van der Waals surface area contributed by atoms with Gasteiger partial charge in [0.2, 0.25) is 0 Å². The van der Waals surface area contributed by atoms with E-state index in [4.69, 9.17) is 17.8 Å². The second-order valence-electron chi connectivity index (χ2n) is 3.08. The van der Waals surface area contributed by atoms with Crippen LogP contribution in [0.3, 0.4) is 0 Å². The molecule has 0 rings (SSSR count). The summed E-state index contributed by atoms with van der Waals surface area (Å²) in [6, 6.07) is 0.581. The van der Waals surface area contributed by atoms with Crippen LogP contribution in [0.25, 0.3) is 0 Å². The molecule has 0 aromatic rings. The molecule has 0 unspecified atom stereocenters. The molecule has 7 heteroatoms. The van der Waals surface area contributed by atoms with Crippen molar-refractivity contribution in [2.24, 2.45) is 0 Å². The summed E-state index contributed by atoms with van der Waals surface area (Å²) in [5.74, 6) is 0.830. The zero-order chi connectivity index (χ0) is 10.5. The summed E-state index contributed by atoms with van der Waals surface area (Å²) in [5.41, 5.74) is 0. The van der Waals surface area contributed by atoms with E-state index in [0.29, 0.717) is 6.04 Å². The van der Waals surface area contributed by atoms with Crippen LogP contribution in [0.2, 0.25) is 15.9 Å². The average molecular weight is 352 g/mol. The van der Waals surface area contributed by atoms with Crippen molar-refractivity contribution in [1.82, 2.24) is 0 Å². The fourth-order valence-electron chi connectivity index (χ4n) is 0.710. The van der Waals surface area contributed by atoms with Crippen molar-refractivity contribution in [2.45, 2.75) is 15.9 Å². The Balaban J connectivity index is 3.74. The first kappa shape index (κ1) is 14.5. The molecule has 0 saturated carbocycles. The summed E-state index contributed by atoms with van der Waals surface area (Å²) in [7, 11) is 8.08. The Bertz CT molecular complexity index is 151. The van der Waals surface area contributed by atoms with Crippen molar-refractivity contribution < 1.29 is 13.6 Å². The van der Waals surface area contributed by atoms with Gasteiger partial charge < -0.3 is 0 Å². The molecule has 0 spiro atoms. The van der Waals surface area contributed by atoms with E-state index < -0.39 is 24.7 Å². The molecule has 0 aromatic heterocycles. The van der Waals surface area contributed by atoms with E-state index in [1.54, 1.807) is 8.95 Å². The zero-order valence-electron chi connectivity index (χ0n) is 8.46. The molecule has 0 atom stereocenters. The molecular formula is C6H17ClO3SSiSn. The van der Waals surface area contributed by atoms with Gasteiger partial charge in [0.15, 0.2) is 0 Å². The maximum absolute atomic E-state index is 9.69. The first-order valence-corrected chi connectivity index (χ1v) is 19.8. The van der Waals surface area contributed by atoms with Crippen molar-refractivity contribution in [3.05, 3.63) is 0 Å². The molecule has 0 aliphatic rings. The van der Waals surface area contributed by atoms with E-state index in [0.717, 1.165) is 5.75 Å². The van der Waals surface area contributed by atoms with E-state index in [1.165, 1.54) is 14.2 Å². The molecule has 0 radical (unpaired) electrons. The van der Waals surface area contributed by atoms with E-state index in [1.807, 2.05) is 0 Å². The summed E-state index contributed by atoms with van der Waals surface area (Å²) < 4.78 is 9.88. The van der Waals surface area contributed by atoms with Crippen LogP contribution in [-0.2, 0) is 8.85 Å². The van der Waals surface area contributed by atoms with Crippen LogP contribution in [0, 0.1) is 0 Å². The molecule has 1 N–H and O–H groups in total. The van der Waals surface area contributed by atoms with Crippen LogP contribution in [-0.4, -0.2) is 49.4 Å². The predicted octanol–water partition coefficient (Wildman–Crippen LogP) is 1.88. The van der Waals surface area contributed by atoms with Crippen LogP contribution < -0.4 is 0 Å². The zero-order valence-corrected chi connectivity index (χ0v) is 13.9. The van der Waals surface area contributed by atoms with Gasteiger partial charge in [0, 0.05) is 0 Å². The molecule has 0 amide bonds. The summed E-state index contributed by atoms with van der Waals surface area (Å²) in [4.78, 5) is 13.9. The predicted molar refractivity (Wildman–Crippen MR) is 62.6 cm³/mol. The van der Waals surface area contributed by atoms with E-state index in [2.05, 4.69) is 9.88 Å². The minimum absolute atomic E-state index is 0.581. The van der Waals surface area contributed by atoms with Crippen molar-refractivity contribution in [3.8, 4) is 0 Å². The van der Waals surface area contributed by atoms with Crippen molar-refractivity contribution >= 4 is 42.5 Å². The second kappa shape index (κ2) is 6.19. The third kappa shape index (κ3) is 7.46. The Kier molecular flexibility index (Phi) is 6.92. The standard InChI is InChI=1S/C4H12O3SSi.2CH3.ClH.Sn/c1-6-9(5,7-2)4-3-8;;;;/h5,8H,3-4H2,1-2H3;2*1H3;1H;/q;;;;+2/p-2. The molecule has 0 aliphatic heterocycles. The van der Waals surface area contributed by atoms with Gasteiger partial charge in [-0.05, 0) is 0 Å². The Hall–Kier alpha value is 1.54. The van der Waals surface area contributed by atoms with E-state index in [9.17, 15) is 4.80 Å². The third-order valence-corrected chi connectivity index (χ3v) is 14.9. The molecule has 0 saturated heterocycles. The molecule has 80 valence electrons. The van der Waals surface area contributed by atoms with Crippen molar-refractivity contribution in [2.75, 3.05) is 20.0 Å². The Morgan fingerprint density at radius 3 is 2.15 bits per heavy atom. The van der Waals surface area contributed by atoms with Gasteiger partial charge in [-0.25, -0.2) is 0 Å². The van der Waals surface area contributed by atoms with Gasteiger partial charge >= 0.3 is 92.1 Å². The second-order valence-corrected chi connectivity index (χ2v) is 31.5. The number of hydrogen-bond acceptors (Lipinski definition) is 4. The van der Waals surface area contributed by atoms with Gasteiger partial charge in [0.05, 0.1) is 0 Å². The number of halogens is 1. The fourth-order valence-corrected chi connectivity index (χ4v) is 11.5. The van der Waals surface area contributed by atoms with Gasteiger partial charge in [0.25, 0.3) is 0 Å². The molecule has 0 bridgehead atoms. The Morgan fingerprint density at radius 1 is 1.38 bits per heavy atom.